The van der Waals surface area contributed by atoms with Crippen LogP contribution in [0.5, 0.6) is 0 Å². The maximum atomic E-state index is 10.2. The van der Waals surface area contributed by atoms with E-state index in [1.54, 1.807) is 6.20 Å². The standard InChI is InChI=1S/C15H17NO/c1-11-6-7-12(2)14(9-11)15(17)10-13-5-3-4-8-16-13/h3-9,15,17H,10H2,1-2H3. The summed E-state index contributed by atoms with van der Waals surface area (Å²) in [6.45, 7) is 4.06. The van der Waals surface area contributed by atoms with Crippen LogP contribution in [0.4, 0.5) is 0 Å². The van der Waals surface area contributed by atoms with Gasteiger partial charge in [0.15, 0.2) is 0 Å². The van der Waals surface area contributed by atoms with E-state index in [4.69, 9.17) is 0 Å². The van der Waals surface area contributed by atoms with Gasteiger partial charge in [-0.25, -0.2) is 0 Å². The molecule has 1 aromatic heterocycles. The van der Waals surface area contributed by atoms with E-state index >= 15 is 0 Å². The van der Waals surface area contributed by atoms with Gasteiger partial charge in [0.1, 0.15) is 0 Å². The number of nitrogens with zero attached hydrogens (tertiary/aromatic N) is 1. The van der Waals surface area contributed by atoms with E-state index in [1.165, 1.54) is 5.56 Å². The Hall–Kier alpha value is -1.67. The van der Waals surface area contributed by atoms with Gasteiger partial charge in [-0.05, 0) is 37.1 Å². The van der Waals surface area contributed by atoms with E-state index < -0.39 is 6.10 Å². The van der Waals surface area contributed by atoms with Crippen molar-refractivity contribution in [2.75, 3.05) is 0 Å². The van der Waals surface area contributed by atoms with Crippen LogP contribution < -0.4 is 0 Å². The summed E-state index contributed by atoms with van der Waals surface area (Å²) >= 11 is 0. The van der Waals surface area contributed by atoms with Crippen molar-refractivity contribution >= 4 is 0 Å². The average Bonchev–Trinajstić information content (AvgIpc) is 2.33. The van der Waals surface area contributed by atoms with Crippen LogP contribution in [0.3, 0.4) is 0 Å². The zero-order valence-corrected chi connectivity index (χ0v) is 10.2. The number of aromatic nitrogens is 1. The van der Waals surface area contributed by atoms with Gasteiger partial charge in [-0.3, -0.25) is 4.98 Å². The average molecular weight is 227 g/mol. The van der Waals surface area contributed by atoms with Crippen LogP contribution >= 0.6 is 0 Å². The van der Waals surface area contributed by atoms with Crippen LogP contribution in [0, 0.1) is 13.8 Å². The molecular formula is C15H17NO. The maximum Gasteiger partial charge on any atom is 0.0848 e. The van der Waals surface area contributed by atoms with Gasteiger partial charge in [0.25, 0.3) is 0 Å². The van der Waals surface area contributed by atoms with Gasteiger partial charge in [0.2, 0.25) is 0 Å². The van der Waals surface area contributed by atoms with Gasteiger partial charge in [0.05, 0.1) is 6.10 Å². The van der Waals surface area contributed by atoms with Crippen molar-refractivity contribution in [3.05, 3.63) is 65.0 Å². The molecule has 0 spiro atoms. The molecule has 2 nitrogen and oxygen atoms in total. The molecule has 1 N–H and O–H groups in total. The van der Waals surface area contributed by atoms with Crippen LogP contribution in [0.1, 0.15) is 28.5 Å². The topological polar surface area (TPSA) is 33.1 Å². The normalized spacial score (nSPS) is 12.4. The molecule has 0 saturated carbocycles. The predicted octanol–water partition coefficient (Wildman–Crippen LogP) is 2.97. The van der Waals surface area contributed by atoms with Crippen molar-refractivity contribution in [3.63, 3.8) is 0 Å². The molecule has 2 aromatic rings. The fraction of sp³-hybridized carbons (Fsp3) is 0.267. The molecule has 0 bridgehead atoms. The van der Waals surface area contributed by atoms with E-state index in [0.717, 1.165) is 16.8 Å². The number of rotatable bonds is 3. The molecule has 0 saturated heterocycles. The molecule has 1 heterocycles. The van der Waals surface area contributed by atoms with Crippen molar-refractivity contribution in [2.24, 2.45) is 0 Å². The SMILES string of the molecule is Cc1ccc(C)c(C(O)Cc2ccccn2)c1. The molecule has 0 aliphatic heterocycles. The summed E-state index contributed by atoms with van der Waals surface area (Å²) in [6.07, 6.45) is 1.83. The molecule has 1 aromatic carbocycles. The molecule has 0 amide bonds. The Morgan fingerprint density at radius 1 is 1.18 bits per heavy atom. The third-order valence-electron chi connectivity index (χ3n) is 2.92. The molecular weight excluding hydrogens is 210 g/mol. The highest BCUT2D eigenvalue weighted by molar-refractivity contribution is 5.32. The highest BCUT2D eigenvalue weighted by Gasteiger charge is 2.11. The Bertz CT molecular complexity index is 494. The highest BCUT2D eigenvalue weighted by Crippen LogP contribution is 2.22. The minimum Gasteiger partial charge on any atom is -0.388 e. The molecule has 1 atom stereocenters. The van der Waals surface area contributed by atoms with Gasteiger partial charge in [-0.15, -0.1) is 0 Å². The summed E-state index contributed by atoms with van der Waals surface area (Å²) < 4.78 is 0. The van der Waals surface area contributed by atoms with Crippen molar-refractivity contribution in [1.82, 2.24) is 4.98 Å². The largest absolute Gasteiger partial charge is 0.388 e. The van der Waals surface area contributed by atoms with Crippen molar-refractivity contribution in [2.45, 2.75) is 26.4 Å². The van der Waals surface area contributed by atoms with E-state index in [9.17, 15) is 5.11 Å². The van der Waals surface area contributed by atoms with Gasteiger partial charge >= 0.3 is 0 Å². The van der Waals surface area contributed by atoms with Gasteiger partial charge in [0, 0.05) is 18.3 Å². The predicted molar refractivity (Wildman–Crippen MR) is 68.8 cm³/mol. The number of aryl methyl sites for hydroxylation is 2. The Morgan fingerprint density at radius 2 is 2.00 bits per heavy atom. The Labute approximate surface area is 102 Å². The summed E-state index contributed by atoms with van der Waals surface area (Å²) in [4.78, 5) is 4.24. The number of pyridine rings is 1. The zero-order valence-electron chi connectivity index (χ0n) is 10.2. The summed E-state index contributed by atoms with van der Waals surface area (Å²) in [5.41, 5.74) is 4.21. The fourth-order valence-electron chi connectivity index (χ4n) is 1.95. The number of aliphatic hydroxyl groups is 1. The van der Waals surface area contributed by atoms with E-state index in [0.29, 0.717) is 6.42 Å². The molecule has 0 aliphatic rings. The first-order valence-electron chi connectivity index (χ1n) is 5.82. The molecule has 0 aliphatic carbocycles. The smallest absolute Gasteiger partial charge is 0.0848 e. The zero-order chi connectivity index (χ0) is 12.3. The molecule has 17 heavy (non-hydrogen) atoms. The Morgan fingerprint density at radius 3 is 2.71 bits per heavy atom. The van der Waals surface area contributed by atoms with Crippen LogP contribution in [0.2, 0.25) is 0 Å². The first-order chi connectivity index (χ1) is 8.16. The monoisotopic (exact) mass is 227 g/mol. The second kappa shape index (κ2) is 5.11. The molecule has 2 heteroatoms. The number of aliphatic hydroxyl groups excluding tert-OH is 1. The third-order valence-corrected chi connectivity index (χ3v) is 2.92. The number of hydrogen-bond acceptors (Lipinski definition) is 2. The first kappa shape index (κ1) is 11.8. The second-order valence-corrected chi connectivity index (χ2v) is 4.40. The summed E-state index contributed by atoms with van der Waals surface area (Å²) in [7, 11) is 0. The van der Waals surface area contributed by atoms with Crippen molar-refractivity contribution in [1.29, 1.82) is 0 Å². The fourth-order valence-corrected chi connectivity index (χ4v) is 1.95. The van der Waals surface area contributed by atoms with Crippen LogP contribution in [-0.4, -0.2) is 10.1 Å². The molecule has 88 valence electrons. The maximum absolute atomic E-state index is 10.2. The summed E-state index contributed by atoms with van der Waals surface area (Å²) in [5.74, 6) is 0. The minimum absolute atomic E-state index is 0.482. The quantitative estimate of drug-likeness (QED) is 0.874. The van der Waals surface area contributed by atoms with Gasteiger partial charge < -0.3 is 5.11 Å². The second-order valence-electron chi connectivity index (χ2n) is 4.40. The van der Waals surface area contributed by atoms with Crippen molar-refractivity contribution in [3.8, 4) is 0 Å². The molecule has 0 radical (unpaired) electrons. The third kappa shape index (κ3) is 2.92. The molecule has 2 rings (SSSR count). The molecule has 1 unspecified atom stereocenters. The van der Waals surface area contributed by atoms with E-state index in [2.05, 4.69) is 11.1 Å². The summed E-state index contributed by atoms with van der Waals surface area (Å²) in [6, 6.07) is 11.9. The first-order valence-corrected chi connectivity index (χ1v) is 5.82. The number of benzene rings is 1. The lowest BCUT2D eigenvalue weighted by Gasteiger charge is -2.14. The Balaban J connectivity index is 2.20. The summed E-state index contributed by atoms with van der Waals surface area (Å²) in [5, 5.41) is 10.2. The van der Waals surface area contributed by atoms with E-state index in [-0.39, 0.29) is 0 Å². The molecule has 0 fully saturated rings. The van der Waals surface area contributed by atoms with Crippen LogP contribution in [0.15, 0.2) is 42.6 Å². The van der Waals surface area contributed by atoms with E-state index in [1.807, 2.05) is 44.2 Å². The lowest BCUT2D eigenvalue weighted by Crippen LogP contribution is -2.05. The van der Waals surface area contributed by atoms with Crippen LogP contribution in [0.25, 0.3) is 0 Å². The lowest BCUT2D eigenvalue weighted by atomic mass is 9.98. The van der Waals surface area contributed by atoms with Gasteiger partial charge in [-0.1, -0.05) is 29.8 Å². The minimum atomic E-state index is -0.482. The van der Waals surface area contributed by atoms with Crippen LogP contribution in [-0.2, 0) is 6.42 Å². The van der Waals surface area contributed by atoms with Gasteiger partial charge in [-0.2, -0.15) is 0 Å². The Kier molecular flexibility index (Phi) is 3.55. The van der Waals surface area contributed by atoms with Crippen molar-refractivity contribution < 1.29 is 5.11 Å². The highest BCUT2D eigenvalue weighted by atomic mass is 16.3. The number of hydrogen-bond donors (Lipinski definition) is 1. The lowest BCUT2D eigenvalue weighted by molar-refractivity contribution is 0.176.